The molecule has 0 aromatic rings. The standard InChI is InChI=1S/C15H22/c1-10-7-8-15-9-12(10)14(3,4)13(15)6-5-11(15)2/h5,7,12-13H,6,8-9H2,1-4H3/t12-,13-,15-/m0/s1. The summed E-state index contributed by atoms with van der Waals surface area (Å²) in [4.78, 5) is 0. The first-order chi connectivity index (χ1) is 6.98. The normalized spacial score (nSPS) is 46.1. The largest absolute Gasteiger partial charge is 0.0847 e. The van der Waals surface area contributed by atoms with E-state index in [1.807, 2.05) is 0 Å². The van der Waals surface area contributed by atoms with Gasteiger partial charge in [0.2, 0.25) is 0 Å². The van der Waals surface area contributed by atoms with E-state index in [9.17, 15) is 0 Å². The summed E-state index contributed by atoms with van der Waals surface area (Å²) < 4.78 is 0. The van der Waals surface area contributed by atoms with Crippen molar-refractivity contribution in [3.05, 3.63) is 23.3 Å². The van der Waals surface area contributed by atoms with E-state index in [1.54, 1.807) is 11.1 Å². The molecule has 0 aliphatic heterocycles. The molecule has 0 heteroatoms. The highest BCUT2D eigenvalue weighted by Crippen LogP contribution is 2.69. The Balaban J connectivity index is 2.14. The van der Waals surface area contributed by atoms with E-state index in [0.717, 1.165) is 11.8 Å². The molecule has 0 aromatic heterocycles. The van der Waals surface area contributed by atoms with Crippen molar-refractivity contribution in [2.75, 3.05) is 0 Å². The Morgan fingerprint density at radius 3 is 2.67 bits per heavy atom. The molecule has 1 fully saturated rings. The number of hydrogen-bond acceptors (Lipinski definition) is 0. The first-order valence-corrected chi connectivity index (χ1v) is 6.32. The fraction of sp³-hybridized carbons (Fsp3) is 0.733. The maximum absolute atomic E-state index is 2.53. The molecule has 2 bridgehead atoms. The van der Waals surface area contributed by atoms with Crippen molar-refractivity contribution in [1.29, 1.82) is 0 Å². The number of rotatable bonds is 0. The third-order valence-corrected chi connectivity index (χ3v) is 5.81. The Morgan fingerprint density at radius 2 is 1.93 bits per heavy atom. The molecule has 0 radical (unpaired) electrons. The maximum atomic E-state index is 2.53. The topological polar surface area (TPSA) is 0 Å². The van der Waals surface area contributed by atoms with E-state index in [4.69, 9.17) is 0 Å². The van der Waals surface area contributed by atoms with Gasteiger partial charge in [-0.15, -0.1) is 0 Å². The van der Waals surface area contributed by atoms with Crippen molar-refractivity contribution in [2.45, 2.75) is 47.0 Å². The molecule has 0 aromatic carbocycles. The van der Waals surface area contributed by atoms with Crippen molar-refractivity contribution in [3.63, 3.8) is 0 Å². The lowest BCUT2D eigenvalue weighted by Crippen LogP contribution is -2.28. The minimum absolute atomic E-state index is 0.519. The van der Waals surface area contributed by atoms with Crippen molar-refractivity contribution >= 4 is 0 Å². The molecule has 0 amide bonds. The van der Waals surface area contributed by atoms with Crippen LogP contribution in [0.3, 0.4) is 0 Å². The van der Waals surface area contributed by atoms with Crippen LogP contribution in [-0.2, 0) is 0 Å². The van der Waals surface area contributed by atoms with Crippen LogP contribution in [0.15, 0.2) is 23.3 Å². The van der Waals surface area contributed by atoms with Crippen LogP contribution in [0.4, 0.5) is 0 Å². The predicted octanol–water partition coefficient (Wildman–Crippen LogP) is 4.34. The van der Waals surface area contributed by atoms with Crippen LogP contribution in [0.25, 0.3) is 0 Å². The van der Waals surface area contributed by atoms with Gasteiger partial charge in [-0.3, -0.25) is 0 Å². The van der Waals surface area contributed by atoms with Gasteiger partial charge in [-0.05, 0) is 55.8 Å². The van der Waals surface area contributed by atoms with Gasteiger partial charge in [0.1, 0.15) is 0 Å². The zero-order valence-corrected chi connectivity index (χ0v) is 10.4. The smallest absolute Gasteiger partial charge is 0.00140 e. The molecule has 0 N–H and O–H groups in total. The van der Waals surface area contributed by atoms with Crippen LogP contribution < -0.4 is 0 Å². The van der Waals surface area contributed by atoms with Crippen LogP contribution in [0, 0.1) is 22.7 Å². The van der Waals surface area contributed by atoms with Crippen LogP contribution in [0.2, 0.25) is 0 Å². The third-order valence-electron chi connectivity index (χ3n) is 5.81. The summed E-state index contributed by atoms with van der Waals surface area (Å²) >= 11 is 0. The van der Waals surface area contributed by atoms with Crippen LogP contribution in [0.5, 0.6) is 0 Å². The molecule has 3 atom stereocenters. The average molecular weight is 202 g/mol. The van der Waals surface area contributed by atoms with Crippen molar-refractivity contribution < 1.29 is 0 Å². The molecule has 15 heavy (non-hydrogen) atoms. The highest BCUT2D eigenvalue weighted by molar-refractivity contribution is 5.34. The molecule has 1 spiro atoms. The molecule has 0 saturated heterocycles. The van der Waals surface area contributed by atoms with Gasteiger partial charge >= 0.3 is 0 Å². The van der Waals surface area contributed by atoms with Crippen molar-refractivity contribution in [3.8, 4) is 0 Å². The first kappa shape index (κ1) is 9.69. The van der Waals surface area contributed by atoms with E-state index >= 15 is 0 Å². The van der Waals surface area contributed by atoms with Crippen molar-refractivity contribution in [2.24, 2.45) is 22.7 Å². The van der Waals surface area contributed by atoms with Crippen LogP contribution >= 0.6 is 0 Å². The van der Waals surface area contributed by atoms with Gasteiger partial charge in [0.15, 0.2) is 0 Å². The first-order valence-electron chi connectivity index (χ1n) is 6.32. The second kappa shape index (κ2) is 2.59. The lowest BCUT2D eigenvalue weighted by atomic mass is 9.69. The zero-order valence-electron chi connectivity index (χ0n) is 10.4. The van der Waals surface area contributed by atoms with E-state index in [-0.39, 0.29) is 0 Å². The summed E-state index contributed by atoms with van der Waals surface area (Å²) in [5, 5.41) is 0. The molecule has 82 valence electrons. The highest BCUT2D eigenvalue weighted by atomic mass is 14.6. The second-order valence-electron chi connectivity index (χ2n) is 6.56. The Kier molecular flexibility index (Phi) is 1.67. The fourth-order valence-corrected chi connectivity index (χ4v) is 4.81. The summed E-state index contributed by atoms with van der Waals surface area (Å²) in [6.07, 6.45) is 9.10. The third kappa shape index (κ3) is 0.940. The SMILES string of the molecule is CC1=CC[C@@]23C[C@@H]1C(C)(C)[C@@H]2CC=C3C. The quantitative estimate of drug-likeness (QED) is 0.513. The average Bonchev–Trinajstić information content (AvgIpc) is 2.57. The summed E-state index contributed by atoms with van der Waals surface area (Å²) in [6, 6.07) is 0. The number of hydrogen-bond donors (Lipinski definition) is 0. The van der Waals surface area contributed by atoms with Gasteiger partial charge in [0, 0.05) is 0 Å². The fourth-order valence-electron chi connectivity index (χ4n) is 4.81. The molecule has 3 aliphatic carbocycles. The summed E-state index contributed by atoms with van der Waals surface area (Å²) in [5.41, 5.74) is 4.43. The van der Waals surface area contributed by atoms with E-state index in [1.165, 1.54) is 19.3 Å². The molecule has 0 nitrogen and oxygen atoms in total. The summed E-state index contributed by atoms with van der Waals surface area (Å²) in [6.45, 7) is 9.71. The minimum Gasteiger partial charge on any atom is -0.0847 e. The summed E-state index contributed by atoms with van der Waals surface area (Å²) in [5.74, 6) is 1.75. The monoisotopic (exact) mass is 202 g/mol. The van der Waals surface area contributed by atoms with Gasteiger partial charge < -0.3 is 0 Å². The van der Waals surface area contributed by atoms with Crippen molar-refractivity contribution in [1.82, 2.24) is 0 Å². The van der Waals surface area contributed by atoms with E-state index in [0.29, 0.717) is 10.8 Å². The Bertz CT molecular complexity index is 369. The molecular weight excluding hydrogens is 180 g/mol. The lowest BCUT2D eigenvalue weighted by molar-refractivity contribution is 0.168. The number of allylic oxidation sites excluding steroid dienone is 4. The molecule has 1 saturated carbocycles. The zero-order chi connectivity index (χ0) is 10.8. The molecule has 3 rings (SSSR count). The van der Waals surface area contributed by atoms with Gasteiger partial charge in [-0.2, -0.15) is 0 Å². The van der Waals surface area contributed by atoms with Gasteiger partial charge in [-0.1, -0.05) is 37.1 Å². The highest BCUT2D eigenvalue weighted by Gasteiger charge is 2.60. The van der Waals surface area contributed by atoms with Crippen LogP contribution in [0.1, 0.15) is 47.0 Å². The van der Waals surface area contributed by atoms with Gasteiger partial charge in [0.25, 0.3) is 0 Å². The van der Waals surface area contributed by atoms with E-state index in [2.05, 4.69) is 39.8 Å². The molecule has 0 heterocycles. The maximum Gasteiger partial charge on any atom is -0.00140 e. The lowest BCUT2D eigenvalue weighted by Gasteiger charge is -2.35. The second-order valence-corrected chi connectivity index (χ2v) is 6.56. The Hall–Kier alpha value is -0.520. The molecule has 3 aliphatic rings. The Morgan fingerprint density at radius 1 is 1.20 bits per heavy atom. The van der Waals surface area contributed by atoms with Crippen LogP contribution in [-0.4, -0.2) is 0 Å². The predicted molar refractivity (Wildman–Crippen MR) is 64.6 cm³/mol. The van der Waals surface area contributed by atoms with Gasteiger partial charge in [0.05, 0.1) is 0 Å². The Labute approximate surface area is 93.5 Å². The van der Waals surface area contributed by atoms with E-state index < -0.39 is 0 Å². The molecule has 0 unspecified atom stereocenters. The van der Waals surface area contributed by atoms with Gasteiger partial charge in [-0.25, -0.2) is 0 Å². The molecular formula is C15H22. The summed E-state index contributed by atoms with van der Waals surface area (Å²) in [7, 11) is 0. The minimum atomic E-state index is 0.519. The number of fused-ring (bicyclic) bond motifs is 1.